The molecule has 0 saturated carbocycles. The van der Waals surface area contributed by atoms with Gasteiger partial charge in [-0.3, -0.25) is 0 Å². The summed E-state index contributed by atoms with van der Waals surface area (Å²) in [6.07, 6.45) is -7.98. The van der Waals surface area contributed by atoms with Gasteiger partial charge in [-0.05, 0) is 23.8 Å². The number of hydrogen-bond donors (Lipinski definition) is 1. The molecule has 1 rings (SSSR count). The SMILES string of the molecule is COc1ccc(F)cc1CC(O)C(F)(F)F. The molecular formula is C10H10F4O2. The third-order valence-electron chi connectivity index (χ3n) is 2.03. The first-order valence-corrected chi connectivity index (χ1v) is 4.42. The predicted molar refractivity (Wildman–Crippen MR) is 48.7 cm³/mol. The van der Waals surface area contributed by atoms with Gasteiger partial charge in [0.2, 0.25) is 0 Å². The van der Waals surface area contributed by atoms with E-state index in [0.717, 1.165) is 12.1 Å². The second-order valence-electron chi connectivity index (χ2n) is 3.22. The summed E-state index contributed by atoms with van der Waals surface area (Å²) in [5, 5.41) is 8.85. The van der Waals surface area contributed by atoms with E-state index in [0.29, 0.717) is 0 Å². The van der Waals surface area contributed by atoms with Crippen LogP contribution in [0.1, 0.15) is 5.56 Å². The second kappa shape index (κ2) is 4.69. The van der Waals surface area contributed by atoms with E-state index in [9.17, 15) is 17.6 Å². The van der Waals surface area contributed by atoms with Gasteiger partial charge in [0.25, 0.3) is 0 Å². The smallest absolute Gasteiger partial charge is 0.414 e. The van der Waals surface area contributed by atoms with Crippen LogP contribution < -0.4 is 4.74 Å². The van der Waals surface area contributed by atoms with E-state index in [-0.39, 0.29) is 11.3 Å². The quantitative estimate of drug-likeness (QED) is 0.819. The van der Waals surface area contributed by atoms with Crippen LogP contribution in [0.2, 0.25) is 0 Å². The number of aliphatic hydroxyl groups is 1. The number of hydrogen-bond acceptors (Lipinski definition) is 2. The molecule has 6 heteroatoms. The highest BCUT2D eigenvalue weighted by atomic mass is 19.4. The van der Waals surface area contributed by atoms with Crippen molar-refractivity contribution < 1.29 is 27.4 Å². The number of methoxy groups -OCH3 is 1. The van der Waals surface area contributed by atoms with Gasteiger partial charge in [0.1, 0.15) is 11.6 Å². The van der Waals surface area contributed by atoms with Gasteiger partial charge in [-0.2, -0.15) is 13.2 Å². The molecule has 0 aliphatic carbocycles. The number of ether oxygens (including phenoxy) is 1. The number of aliphatic hydroxyl groups excluding tert-OH is 1. The molecule has 0 bridgehead atoms. The fraction of sp³-hybridized carbons (Fsp3) is 0.400. The molecule has 0 saturated heterocycles. The molecule has 0 amide bonds. The highest BCUT2D eigenvalue weighted by molar-refractivity contribution is 5.34. The van der Waals surface area contributed by atoms with Crippen LogP contribution in [-0.4, -0.2) is 24.5 Å². The normalized spacial score (nSPS) is 13.6. The second-order valence-corrected chi connectivity index (χ2v) is 3.22. The predicted octanol–water partition coefficient (Wildman–Crippen LogP) is 2.30. The molecule has 90 valence electrons. The van der Waals surface area contributed by atoms with Crippen molar-refractivity contribution in [2.24, 2.45) is 0 Å². The van der Waals surface area contributed by atoms with Crippen molar-refractivity contribution in [3.05, 3.63) is 29.6 Å². The van der Waals surface area contributed by atoms with Crippen LogP contribution in [0.4, 0.5) is 17.6 Å². The zero-order valence-electron chi connectivity index (χ0n) is 8.38. The first-order valence-electron chi connectivity index (χ1n) is 4.42. The van der Waals surface area contributed by atoms with Gasteiger partial charge in [-0.15, -0.1) is 0 Å². The summed E-state index contributed by atoms with van der Waals surface area (Å²) < 4.78 is 53.8. The number of benzene rings is 1. The minimum atomic E-state index is -4.72. The largest absolute Gasteiger partial charge is 0.496 e. The van der Waals surface area contributed by atoms with Crippen LogP contribution in [0.5, 0.6) is 5.75 Å². The van der Waals surface area contributed by atoms with E-state index in [1.54, 1.807) is 0 Å². The molecule has 0 fully saturated rings. The van der Waals surface area contributed by atoms with Crippen molar-refractivity contribution in [2.75, 3.05) is 7.11 Å². The molecular weight excluding hydrogens is 228 g/mol. The molecule has 1 atom stereocenters. The summed E-state index contributed by atoms with van der Waals surface area (Å²) in [5.74, 6) is -0.560. The van der Waals surface area contributed by atoms with Crippen LogP contribution in [0.25, 0.3) is 0 Å². The van der Waals surface area contributed by atoms with Crippen molar-refractivity contribution >= 4 is 0 Å². The molecule has 1 aromatic carbocycles. The van der Waals surface area contributed by atoms with E-state index >= 15 is 0 Å². The Morgan fingerprint density at radius 1 is 1.38 bits per heavy atom. The maximum Gasteiger partial charge on any atom is 0.414 e. The van der Waals surface area contributed by atoms with Crippen LogP contribution in [0.3, 0.4) is 0 Å². The summed E-state index contributed by atoms with van der Waals surface area (Å²) >= 11 is 0. The molecule has 0 aromatic heterocycles. The molecule has 0 aliphatic rings. The van der Waals surface area contributed by atoms with Crippen LogP contribution >= 0.6 is 0 Å². The van der Waals surface area contributed by atoms with Crippen molar-refractivity contribution in [3.63, 3.8) is 0 Å². The van der Waals surface area contributed by atoms with E-state index < -0.39 is 24.5 Å². The first-order chi connectivity index (χ1) is 7.34. The fourth-order valence-corrected chi connectivity index (χ4v) is 1.23. The Morgan fingerprint density at radius 2 is 2.00 bits per heavy atom. The Kier molecular flexibility index (Phi) is 3.74. The fourth-order valence-electron chi connectivity index (χ4n) is 1.23. The Morgan fingerprint density at radius 3 is 2.50 bits per heavy atom. The molecule has 1 unspecified atom stereocenters. The van der Waals surface area contributed by atoms with E-state index in [4.69, 9.17) is 9.84 Å². The highest BCUT2D eigenvalue weighted by Gasteiger charge is 2.38. The monoisotopic (exact) mass is 238 g/mol. The number of alkyl halides is 3. The van der Waals surface area contributed by atoms with E-state index in [2.05, 4.69) is 0 Å². The lowest BCUT2D eigenvalue weighted by Crippen LogP contribution is -2.30. The van der Waals surface area contributed by atoms with Crippen LogP contribution in [0, 0.1) is 5.82 Å². The van der Waals surface area contributed by atoms with Crippen molar-refractivity contribution in [1.29, 1.82) is 0 Å². The zero-order valence-corrected chi connectivity index (χ0v) is 8.38. The first kappa shape index (κ1) is 12.8. The molecule has 1 N–H and O–H groups in total. The van der Waals surface area contributed by atoms with Crippen molar-refractivity contribution in [3.8, 4) is 5.75 Å². The molecule has 2 nitrogen and oxygen atoms in total. The third kappa shape index (κ3) is 3.10. The number of halogens is 4. The summed E-state index contributed by atoms with van der Waals surface area (Å²) in [6.45, 7) is 0. The molecule has 0 aliphatic heterocycles. The van der Waals surface area contributed by atoms with Crippen LogP contribution in [-0.2, 0) is 6.42 Å². The highest BCUT2D eigenvalue weighted by Crippen LogP contribution is 2.27. The van der Waals surface area contributed by atoms with Gasteiger partial charge in [-0.1, -0.05) is 0 Å². The lowest BCUT2D eigenvalue weighted by Gasteiger charge is -2.16. The van der Waals surface area contributed by atoms with Crippen molar-refractivity contribution in [2.45, 2.75) is 18.7 Å². The Bertz CT molecular complexity index is 362. The Balaban J connectivity index is 2.91. The van der Waals surface area contributed by atoms with Crippen molar-refractivity contribution in [1.82, 2.24) is 0 Å². The molecule has 16 heavy (non-hydrogen) atoms. The molecule has 1 aromatic rings. The molecule has 0 spiro atoms. The molecule has 0 radical (unpaired) electrons. The molecule has 0 heterocycles. The minimum absolute atomic E-state index is 0.0210. The maximum atomic E-state index is 12.8. The van der Waals surface area contributed by atoms with Gasteiger partial charge in [0, 0.05) is 6.42 Å². The summed E-state index contributed by atoms with van der Waals surface area (Å²) in [5.41, 5.74) is -0.0210. The van der Waals surface area contributed by atoms with Gasteiger partial charge >= 0.3 is 6.18 Å². The third-order valence-corrected chi connectivity index (χ3v) is 2.03. The Hall–Kier alpha value is -1.30. The average Bonchev–Trinajstić information content (AvgIpc) is 2.16. The maximum absolute atomic E-state index is 12.8. The van der Waals surface area contributed by atoms with E-state index in [1.807, 2.05) is 0 Å². The summed E-state index contributed by atoms with van der Waals surface area (Å²) in [4.78, 5) is 0. The topological polar surface area (TPSA) is 29.5 Å². The standard InChI is InChI=1S/C10H10F4O2/c1-16-8-3-2-7(11)4-6(8)5-9(15)10(12,13)14/h2-4,9,15H,5H2,1H3. The number of rotatable bonds is 3. The van der Waals surface area contributed by atoms with Crippen LogP contribution in [0.15, 0.2) is 18.2 Å². The summed E-state index contributed by atoms with van der Waals surface area (Å²) in [6, 6.07) is 3.20. The zero-order chi connectivity index (χ0) is 12.3. The van der Waals surface area contributed by atoms with E-state index in [1.165, 1.54) is 13.2 Å². The lowest BCUT2D eigenvalue weighted by atomic mass is 10.1. The van der Waals surface area contributed by atoms with Gasteiger partial charge < -0.3 is 9.84 Å². The van der Waals surface area contributed by atoms with Gasteiger partial charge in [-0.25, -0.2) is 4.39 Å². The minimum Gasteiger partial charge on any atom is -0.496 e. The van der Waals surface area contributed by atoms with Gasteiger partial charge in [0.05, 0.1) is 7.11 Å². The summed E-state index contributed by atoms with van der Waals surface area (Å²) in [7, 11) is 1.26. The van der Waals surface area contributed by atoms with Gasteiger partial charge in [0.15, 0.2) is 6.10 Å². The lowest BCUT2D eigenvalue weighted by molar-refractivity contribution is -0.203. The Labute approximate surface area is 89.5 Å². The average molecular weight is 238 g/mol.